The molecule has 24 heavy (non-hydrogen) atoms. The molecule has 0 amide bonds. The van der Waals surface area contributed by atoms with Crippen molar-refractivity contribution in [3.8, 4) is 11.8 Å². The summed E-state index contributed by atoms with van der Waals surface area (Å²) in [5.74, 6) is -2.00. The zero-order chi connectivity index (χ0) is 18.5. The highest BCUT2D eigenvalue weighted by molar-refractivity contribution is 8.00. The first-order valence-corrected chi connectivity index (χ1v) is 7.01. The van der Waals surface area contributed by atoms with E-state index in [0.29, 0.717) is 12.1 Å². The number of thioether (sulfide) groups is 1. The van der Waals surface area contributed by atoms with Crippen molar-refractivity contribution in [1.29, 1.82) is 5.26 Å². The maximum absolute atomic E-state index is 12.5. The quantitative estimate of drug-likeness (QED) is 0.440. The molecule has 1 rings (SSSR count). The van der Waals surface area contributed by atoms with E-state index in [1.165, 1.54) is 13.0 Å². The Kier molecular flexibility index (Phi) is 6.36. The lowest BCUT2D eigenvalue weighted by Gasteiger charge is -2.16. The van der Waals surface area contributed by atoms with Crippen LogP contribution >= 0.6 is 11.8 Å². The molecule has 0 saturated heterocycles. The molecule has 0 fully saturated rings. The summed E-state index contributed by atoms with van der Waals surface area (Å²) < 4.78 is 82.7. The van der Waals surface area contributed by atoms with E-state index < -0.39 is 52.2 Å². The molecule has 0 spiro atoms. The van der Waals surface area contributed by atoms with Crippen molar-refractivity contribution in [1.82, 2.24) is 0 Å². The largest absolute Gasteiger partial charge is 0.573 e. The zero-order valence-electron chi connectivity index (χ0n) is 11.9. The lowest BCUT2D eigenvalue weighted by Crippen LogP contribution is -2.18. The zero-order valence-corrected chi connectivity index (χ0v) is 12.7. The van der Waals surface area contributed by atoms with Gasteiger partial charge in [-0.05, 0) is 36.4 Å². The summed E-state index contributed by atoms with van der Waals surface area (Å²) in [6, 6.07) is 2.69. The van der Waals surface area contributed by atoms with E-state index in [1.54, 1.807) is 0 Å². The summed E-state index contributed by atoms with van der Waals surface area (Å²) in [5.41, 5.74) is -5.51. The molecule has 0 N–H and O–H groups in total. The van der Waals surface area contributed by atoms with Gasteiger partial charge in [0.25, 0.3) is 0 Å². The second kappa shape index (κ2) is 7.65. The van der Waals surface area contributed by atoms with Crippen LogP contribution in [-0.2, 0) is 16.0 Å². The molecule has 0 radical (unpaired) electrons. The van der Waals surface area contributed by atoms with Crippen molar-refractivity contribution < 1.29 is 40.6 Å². The Bertz CT molecular complexity index is 651. The standard InChI is InChI=1S/C13H9F6NO3S/c1-2-22-11(21)5-7-4-10(24-13(17,18)19)9(3-8(7)6-20)23-12(14,15)16/h3-4H,2,5H2,1H3. The van der Waals surface area contributed by atoms with Crippen LogP contribution in [0.2, 0.25) is 0 Å². The Hall–Kier alpha value is -2.09. The predicted octanol–water partition coefficient (Wildman–Crippen LogP) is 4.17. The lowest BCUT2D eigenvalue weighted by atomic mass is 10.1. The Morgan fingerprint density at radius 3 is 2.33 bits per heavy atom. The highest BCUT2D eigenvalue weighted by atomic mass is 32.2. The molecular weight excluding hydrogens is 364 g/mol. The van der Waals surface area contributed by atoms with Crippen molar-refractivity contribution in [2.75, 3.05) is 6.61 Å². The van der Waals surface area contributed by atoms with Gasteiger partial charge in [0.1, 0.15) is 5.75 Å². The summed E-state index contributed by atoms with van der Waals surface area (Å²) in [6.45, 7) is 1.49. The van der Waals surface area contributed by atoms with E-state index in [-0.39, 0.29) is 12.2 Å². The van der Waals surface area contributed by atoms with E-state index in [1.807, 2.05) is 0 Å². The highest BCUT2D eigenvalue weighted by Gasteiger charge is 2.36. The fourth-order valence-electron chi connectivity index (χ4n) is 1.63. The van der Waals surface area contributed by atoms with Gasteiger partial charge in [-0.1, -0.05) is 0 Å². The summed E-state index contributed by atoms with van der Waals surface area (Å²) in [4.78, 5) is 10.5. The minimum absolute atomic E-state index is 0.000146. The molecule has 0 aliphatic rings. The van der Waals surface area contributed by atoms with Crippen molar-refractivity contribution in [2.24, 2.45) is 0 Å². The third-order valence-corrected chi connectivity index (χ3v) is 3.15. The van der Waals surface area contributed by atoms with Crippen LogP contribution in [0.4, 0.5) is 26.3 Å². The molecule has 132 valence electrons. The number of carbonyl (C=O) groups excluding carboxylic acids is 1. The molecule has 0 aliphatic carbocycles. The molecule has 0 heterocycles. The number of alkyl halides is 6. The van der Waals surface area contributed by atoms with Crippen LogP contribution in [0, 0.1) is 11.3 Å². The first-order valence-electron chi connectivity index (χ1n) is 6.19. The number of benzene rings is 1. The fourth-order valence-corrected chi connectivity index (χ4v) is 2.28. The van der Waals surface area contributed by atoms with Gasteiger partial charge >= 0.3 is 17.8 Å². The van der Waals surface area contributed by atoms with Crippen LogP contribution in [0.3, 0.4) is 0 Å². The molecule has 1 aromatic rings. The average Bonchev–Trinajstić information content (AvgIpc) is 2.38. The Balaban J connectivity index is 3.34. The molecule has 11 heteroatoms. The molecule has 0 bridgehead atoms. The van der Waals surface area contributed by atoms with Gasteiger partial charge in [-0.3, -0.25) is 4.79 Å². The van der Waals surface area contributed by atoms with E-state index in [4.69, 9.17) is 5.26 Å². The van der Waals surface area contributed by atoms with Crippen molar-refractivity contribution >= 4 is 17.7 Å². The first-order chi connectivity index (χ1) is 10.9. The number of esters is 1. The maximum Gasteiger partial charge on any atom is 0.573 e. The lowest BCUT2D eigenvalue weighted by molar-refractivity contribution is -0.275. The van der Waals surface area contributed by atoms with Gasteiger partial charge in [0.2, 0.25) is 0 Å². The second-order valence-electron chi connectivity index (χ2n) is 4.15. The Morgan fingerprint density at radius 1 is 1.25 bits per heavy atom. The van der Waals surface area contributed by atoms with E-state index in [9.17, 15) is 31.1 Å². The maximum atomic E-state index is 12.5. The minimum atomic E-state index is -5.24. The van der Waals surface area contributed by atoms with Crippen molar-refractivity contribution in [2.45, 2.75) is 30.1 Å². The second-order valence-corrected chi connectivity index (χ2v) is 5.25. The summed E-state index contributed by atoms with van der Waals surface area (Å²) >= 11 is -0.845. The minimum Gasteiger partial charge on any atom is -0.466 e. The molecule has 0 aromatic heterocycles. The normalized spacial score (nSPS) is 11.8. The summed E-state index contributed by atoms with van der Waals surface area (Å²) in [5, 5.41) is 8.94. The fraction of sp³-hybridized carbons (Fsp3) is 0.385. The van der Waals surface area contributed by atoms with Gasteiger partial charge in [-0.25, -0.2) is 0 Å². The van der Waals surface area contributed by atoms with Gasteiger partial charge in [-0.2, -0.15) is 18.4 Å². The van der Waals surface area contributed by atoms with E-state index in [0.717, 1.165) is 0 Å². The number of hydrogen-bond donors (Lipinski definition) is 0. The predicted molar refractivity (Wildman–Crippen MR) is 70.1 cm³/mol. The van der Waals surface area contributed by atoms with E-state index >= 15 is 0 Å². The number of nitriles is 1. The number of hydrogen-bond acceptors (Lipinski definition) is 5. The molecule has 1 aromatic carbocycles. The van der Waals surface area contributed by atoms with Gasteiger partial charge in [0.15, 0.2) is 0 Å². The summed E-state index contributed by atoms with van der Waals surface area (Å²) in [7, 11) is 0. The van der Waals surface area contributed by atoms with Crippen LogP contribution < -0.4 is 4.74 Å². The topological polar surface area (TPSA) is 59.3 Å². The van der Waals surface area contributed by atoms with Crippen LogP contribution in [-0.4, -0.2) is 24.4 Å². The number of nitrogens with zero attached hydrogens (tertiary/aromatic N) is 1. The SMILES string of the molecule is CCOC(=O)Cc1cc(SC(F)(F)F)c(OC(F)(F)F)cc1C#N. The van der Waals surface area contributed by atoms with Gasteiger partial charge in [0.05, 0.1) is 29.6 Å². The smallest absolute Gasteiger partial charge is 0.466 e. The van der Waals surface area contributed by atoms with Crippen LogP contribution in [0.25, 0.3) is 0 Å². The molecular formula is C13H9F6NO3S. The number of halogens is 6. The number of ether oxygens (including phenoxy) is 2. The van der Waals surface area contributed by atoms with Gasteiger partial charge < -0.3 is 9.47 Å². The van der Waals surface area contributed by atoms with Crippen molar-refractivity contribution in [3.63, 3.8) is 0 Å². The van der Waals surface area contributed by atoms with Crippen LogP contribution in [0.15, 0.2) is 17.0 Å². The van der Waals surface area contributed by atoms with Crippen molar-refractivity contribution in [3.05, 3.63) is 23.3 Å². The first kappa shape index (κ1) is 20.0. The molecule has 0 atom stereocenters. The third kappa shape index (κ3) is 6.57. The molecule has 0 aliphatic heterocycles. The van der Waals surface area contributed by atoms with Crippen LogP contribution in [0.5, 0.6) is 5.75 Å². The Labute approximate surface area is 136 Å². The molecule has 4 nitrogen and oxygen atoms in total. The summed E-state index contributed by atoms with van der Waals surface area (Å²) in [6.07, 6.45) is -5.80. The number of carbonyl (C=O) groups is 1. The van der Waals surface area contributed by atoms with E-state index in [2.05, 4.69) is 9.47 Å². The molecule has 0 saturated carbocycles. The average molecular weight is 373 g/mol. The van der Waals surface area contributed by atoms with Gasteiger partial charge in [-0.15, -0.1) is 13.2 Å². The van der Waals surface area contributed by atoms with Crippen LogP contribution in [0.1, 0.15) is 18.1 Å². The number of rotatable bonds is 5. The van der Waals surface area contributed by atoms with Gasteiger partial charge in [0, 0.05) is 0 Å². The highest BCUT2D eigenvalue weighted by Crippen LogP contribution is 2.44. The monoisotopic (exact) mass is 373 g/mol. The Morgan fingerprint density at radius 2 is 1.88 bits per heavy atom. The molecule has 0 unspecified atom stereocenters. The third-order valence-electron chi connectivity index (χ3n) is 2.38.